The first kappa shape index (κ1) is 19.5. The summed E-state index contributed by atoms with van der Waals surface area (Å²) in [6.45, 7) is 0.688. The SMILES string of the molecule is CC(C)(C)OC(=O)N1CCC/C(=C\[B-](F)(F)F)C1.[K+]. The van der Waals surface area contributed by atoms with Crippen LogP contribution in [-0.2, 0) is 4.74 Å². The van der Waals surface area contributed by atoms with Crippen molar-refractivity contribution in [3.05, 3.63) is 11.5 Å². The maximum atomic E-state index is 12.3. The van der Waals surface area contributed by atoms with Gasteiger partial charge in [0.25, 0.3) is 0 Å². The number of hydrogen-bond donors (Lipinski definition) is 0. The summed E-state index contributed by atoms with van der Waals surface area (Å²) in [6, 6.07) is 0. The van der Waals surface area contributed by atoms with Crippen LogP contribution in [0.15, 0.2) is 11.5 Å². The van der Waals surface area contributed by atoms with Gasteiger partial charge in [-0.25, -0.2) is 4.79 Å². The van der Waals surface area contributed by atoms with Crippen molar-refractivity contribution in [1.29, 1.82) is 0 Å². The predicted molar refractivity (Wildman–Crippen MR) is 64.2 cm³/mol. The largest absolute Gasteiger partial charge is 1.00 e. The van der Waals surface area contributed by atoms with Crippen LogP contribution in [0.25, 0.3) is 0 Å². The van der Waals surface area contributed by atoms with Crippen molar-refractivity contribution in [2.75, 3.05) is 13.1 Å². The third-order valence-corrected chi connectivity index (χ3v) is 2.40. The van der Waals surface area contributed by atoms with Gasteiger partial charge in [-0.1, -0.05) is 5.57 Å². The maximum absolute atomic E-state index is 12.3. The zero-order chi connectivity index (χ0) is 14.0. The molecule has 0 radical (unpaired) electrons. The predicted octanol–water partition coefficient (Wildman–Crippen LogP) is 0.334. The van der Waals surface area contributed by atoms with Gasteiger partial charge in [0.1, 0.15) is 5.60 Å². The van der Waals surface area contributed by atoms with Crippen molar-refractivity contribution in [3.63, 3.8) is 0 Å². The first-order valence-corrected chi connectivity index (χ1v) is 5.95. The molecule has 0 unspecified atom stereocenters. The van der Waals surface area contributed by atoms with Gasteiger partial charge < -0.3 is 22.6 Å². The number of piperidine rings is 1. The van der Waals surface area contributed by atoms with Crippen molar-refractivity contribution in [2.24, 2.45) is 0 Å². The molecule has 0 bridgehead atoms. The third-order valence-electron chi connectivity index (χ3n) is 2.40. The topological polar surface area (TPSA) is 29.5 Å². The minimum Gasteiger partial charge on any atom is -0.445 e. The van der Waals surface area contributed by atoms with Gasteiger partial charge in [0.15, 0.2) is 0 Å². The molecule has 1 heterocycles. The fraction of sp³-hybridized carbons (Fsp3) is 0.727. The van der Waals surface area contributed by atoms with Gasteiger partial charge in [0.05, 0.1) is 0 Å². The molecule has 0 aromatic carbocycles. The zero-order valence-corrected chi connectivity index (χ0v) is 15.0. The quantitative estimate of drug-likeness (QED) is 0.654. The summed E-state index contributed by atoms with van der Waals surface area (Å²) in [5.74, 6) is 0.344. The molecule has 1 saturated heterocycles. The molecule has 1 amide bonds. The molecule has 1 rings (SSSR count). The Balaban J connectivity index is 0.00000324. The van der Waals surface area contributed by atoms with Crippen LogP contribution in [0.1, 0.15) is 33.6 Å². The second kappa shape index (κ2) is 7.49. The Morgan fingerprint density at radius 1 is 1.37 bits per heavy atom. The number of nitrogens with zero attached hydrogens (tertiary/aromatic N) is 1. The van der Waals surface area contributed by atoms with E-state index in [1.54, 1.807) is 20.8 Å². The summed E-state index contributed by atoms with van der Waals surface area (Å²) in [7, 11) is 0. The van der Waals surface area contributed by atoms with Gasteiger partial charge in [0, 0.05) is 13.1 Å². The average molecular weight is 303 g/mol. The van der Waals surface area contributed by atoms with Gasteiger partial charge in [0.2, 0.25) is 0 Å². The first-order valence-electron chi connectivity index (χ1n) is 5.95. The fourth-order valence-corrected chi connectivity index (χ4v) is 1.79. The van der Waals surface area contributed by atoms with Crippen molar-refractivity contribution in [2.45, 2.75) is 39.2 Å². The Hall–Kier alpha value is 0.501. The molecule has 0 N–H and O–H groups in total. The monoisotopic (exact) mass is 303 g/mol. The number of carbonyl (C=O) groups excluding carboxylic acids is 1. The molecule has 0 aliphatic carbocycles. The minimum absolute atomic E-state index is 0. The molecule has 1 aliphatic rings. The molecule has 1 aliphatic heterocycles. The molecular formula is C11H18BF3KNO2. The number of hydrogen-bond acceptors (Lipinski definition) is 2. The average Bonchev–Trinajstić information content (AvgIpc) is 2.12. The summed E-state index contributed by atoms with van der Waals surface area (Å²) in [4.78, 5) is 13.0. The van der Waals surface area contributed by atoms with E-state index >= 15 is 0 Å². The zero-order valence-electron chi connectivity index (χ0n) is 11.9. The van der Waals surface area contributed by atoms with Crippen LogP contribution in [0.5, 0.6) is 0 Å². The molecule has 0 saturated carbocycles. The van der Waals surface area contributed by atoms with Crippen LogP contribution in [0.4, 0.5) is 17.7 Å². The molecule has 0 aromatic rings. The van der Waals surface area contributed by atoms with Crippen LogP contribution >= 0.6 is 0 Å². The van der Waals surface area contributed by atoms with Crippen LogP contribution < -0.4 is 51.4 Å². The Kier molecular flexibility index (Phi) is 7.69. The van der Waals surface area contributed by atoms with Gasteiger partial charge in [-0.15, -0.1) is 5.98 Å². The van der Waals surface area contributed by atoms with Crippen molar-refractivity contribution in [1.82, 2.24) is 4.90 Å². The van der Waals surface area contributed by atoms with E-state index in [2.05, 4.69) is 0 Å². The molecule has 1 fully saturated rings. The van der Waals surface area contributed by atoms with E-state index in [1.165, 1.54) is 4.90 Å². The van der Waals surface area contributed by atoms with Gasteiger partial charge in [-0.2, -0.15) is 0 Å². The molecule has 19 heavy (non-hydrogen) atoms. The minimum atomic E-state index is -4.94. The smallest absolute Gasteiger partial charge is 0.445 e. The van der Waals surface area contributed by atoms with E-state index < -0.39 is 18.7 Å². The van der Waals surface area contributed by atoms with E-state index in [4.69, 9.17) is 4.74 Å². The molecule has 104 valence electrons. The Morgan fingerprint density at radius 2 is 1.95 bits per heavy atom. The van der Waals surface area contributed by atoms with Crippen molar-refractivity contribution < 1.29 is 73.9 Å². The molecule has 0 spiro atoms. The van der Waals surface area contributed by atoms with Gasteiger partial charge in [-0.3, -0.25) is 0 Å². The van der Waals surface area contributed by atoms with E-state index in [0.717, 1.165) is 0 Å². The molecule has 3 nitrogen and oxygen atoms in total. The van der Waals surface area contributed by atoms with Gasteiger partial charge in [-0.05, 0) is 33.6 Å². The molecule has 8 heteroatoms. The maximum Gasteiger partial charge on any atom is 1.00 e. The second-order valence-electron chi connectivity index (χ2n) is 5.46. The van der Waals surface area contributed by atoms with E-state index in [1.807, 2.05) is 0 Å². The van der Waals surface area contributed by atoms with E-state index in [9.17, 15) is 17.7 Å². The summed E-state index contributed by atoms with van der Waals surface area (Å²) in [5, 5.41) is 0. The summed E-state index contributed by atoms with van der Waals surface area (Å²) in [5.41, 5.74) is -0.383. The third kappa shape index (κ3) is 8.39. The molecule has 0 aromatic heterocycles. The number of carbonyl (C=O) groups is 1. The van der Waals surface area contributed by atoms with Gasteiger partial charge >= 0.3 is 64.5 Å². The normalized spacial score (nSPS) is 19.1. The number of rotatable bonds is 1. The Bertz CT molecular complexity index is 353. The molecule has 0 atom stereocenters. The van der Waals surface area contributed by atoms with Crippen LogP contribution in [0, 0.1) is 0 Å². The summed E-state index contributed by atoms with van der Waals surface area (Å²) < 4.78 is 42.0. The number of ether oxygens (including phenoxy) is 1. The number of amides is 1. The van der Waals surface area contributed by atoms with E-state index in [0.29, 0.717) is 25.4 Å². The Labute approximate surface area is 154 Å². The molecular weight excluding hydrogens is 285 g/mol. The van der Waals surface area contributed by atoms with Crippen LogP contribution in [-0.4, -0.2) is 36.7 Å². The van der Waals surface area contributed by atoms with Crippen LogP contribution in [0.2, 0.25) is 0 Å². The van der Waals surface area contributed by atoms with Crippen molar-refractivity contribution >= 4 is 13.1 Å². The number of halogens is 3. The van der Waals surface area contributed by atoms with E-state index in [-0.39, 0.29) is 63.5 Å². The van der Waals surface area contributed by atoms with Crippen LogP contribution in [0.3, 0.4) is 0 Å². The Morgan fingerprint density at radius 3 is 2.42 bits per heavy atom. The summed E-state index contributed by atoms with van der Waals surface area (Å²) >= 11 is 0. The summed E-state index contributed by atoms with van der Waals surface area (Å²) in [6.07, 6.45) is 0.375. The van der Waals surface area contributed by atoms with Crippen molar-refractivity contribution in [3.8, 4) is 0 Å². The fourth-order valence-electron chi connectivity index (χ4n) is 1.79. The standard InChI is InChI=1S/C11H18BF3NO2.K/c1-11(2,3)18-10(17)16-6-4-5-9(8-16)7-12(13,14)15;/h7H,4-6,8H2,1-3H3;/q-1;+1/b9-7+;. The first-order chi connectivity index (χ1) is 8.07. The second-order valence-corrected chi connectivity index (χ2v) is 5.46. The number of likely N-dealkylation sites (tertiary alicyclic amines) is 1.